The number of hydrogen-bond acceptors (Lipinski definition) is 5. The number of thiophene rings is 1. The lowest BCUT2D eigenvalue weighted by atomic mass is 10.3. The summed E-state index contributed by atoms with van der Waals surface area (Å²) in [5.74, 6) is 0.160. The number of thioether (sulfide) groups is 1. The standard InChI is InChI=1S/C12H12N2OS3/c1-7-6-13-12(17-7)14-10(15)8(2)18-11(14)9-4-3-5-16-9/h3-6,8,11H,1-2H3/t8-,11+/m0/s1. The maximum atomic E-state index is 12.3. The second-order valence-electron chi connectivity index (χ2n) is 4.11. The van der Waals surface area contributed by atoms with Crippen LogP contribution >= 0.6 is 34.4 Å². The number of aromatic nitrogens is 1. The predicted octanol–water partition coefficient (Wildman–Crippen LogP) is 3.68. The fourth-order valence-electron chi connectivity index (χ4n) is 1.90. The van der Waals surface area contributed by atoms with E-state index in [1.54, 1.807) is 34.4 Å². The molecule has 1 aliphatic rings. The van der Waals surface area contributed by atoms with Crippen LogP contribution in [0.3, 0.4) is 0 Å². The van der Waals surface area contributed by atoms with Crippen molar-refractivity contribution < 1.29 is 4.79 Å². The Kier molecular flexibility index (Phi) is 3.17. The first-order chi connectivity index (χ1) is 8.66. The monoisotopic (exact) mass is 296 g/mol. The number of hydrogen-bond donors (Lipinski definition) is 0. The van der Waals surface area contributed by atoms with Crippen LogP contribution in [0.2, 0.25) is 0 Å². The van der Waals surface area contributed by atoms with E-state index in [1.807, 2.05) is 31.0 Å². The van der Waals surface area contributed by atoms with Crippen LogP contribution in [0.25, 0.3) is 0 Å². The highest BCUT2D eigenvalue weighted by atomic mass is 32.2. The summed E-state index contributed by atoms with van der Waals surface area (Å²) in [5, 5.41) is 2.95. The van der Waals surface area contributed by atoms with Crippen molar-refractivity contribution in [2.45, 2.75) is 24.5 Å². The minimum absolute atomic E-state index is 0.00121. The zero-order chi connectivity index (χ0) is 12.7. The Balaban J connectivity index is 2.00. The molecule has 0 unspecified atom stereocenters. The maximum Gasteiger partial charge on any atom is 0.242 e. The van der Waals surface area contributed by atoms with Crippen LogP contribution in [0.4, 0.5) is 5.13 Å². The summed E-state index contributed by atoms with van der Waals surface area (Å²) in [4.78, 5) is 20.8. The first kappa shape index (κ1) is 12.2. The smallest absolute Gasteiger partial charge is 0.242 e. The van der Waals surface area contributed by atoms with Crippen molar-refractivity contribution in [1.82, 2.24) is 4.98 Å². The molecule has 18 heavy (non-hydrogen) atoms. The van der Waals surface area contributed by atoms with E-state index >= 15 is 0 Å². The molecule has 0 aromatic carbocycles. The fraction of sp³-hybridized carbons (Fsp3) is 0.333. The van der Waals surface area contributed by atoms with E-state index in [0.29, 0.717) is 0 Å². The SMILES string of the molecule is Cc1cnc(N2C(=O)[C@H](C)S[C@@H]2c2cccs2)s1. The van der Waals surface area contributed by atoms with Gasteiger partial charge in [0.05, 0.1) is 5.25 Å². The number of nitrogens with zero attached hydrogens (tertiary/aromatic N) is 2. The van der Waals surface area contributed by atoms with Gasteiger partial charge in [-0.05, 0) is 25.3 Å². The first-order valence-corrected chi connectivity index (χ1v) is 8.25. The molecule has 0 saturated carbocycles. The average molecular weight is 296 g/mol. The van der Waals surface area contributed by atoms with Gasteiger partial charge in [0.1, 0.15) is 5.37 Å². The van der Waals surface area contributed by atoms with Crippen molar-refractivity contribution in [1.29, 1.82) is 0 Å². The number of amides is 1. The summed E-state index contributed by atoms with van der Waals surface area (Å²) in [6.07, 6.45) is 1.83. The summed E-state index contributed by atoms with van der Waals surface area (Å²) in [7, 11) is 0. The summed E-state index contributed by atoms with van der Waals surface area (Å²) in [5.41, 5.74) is 0. The lowest BCUT2D eigenvalue weighted by Crippen LogP contribution is -2.29. The van der Waals surface area contributed by atoms with Crippen molar-refractivity contribution >= 4 is 45.5 Å². The van der Waals surface area contributed by atoms with Gasteiger partial charge in [-0.15, -0.1) is 34.4 Å². The second kappa shape index (κ2) is 4.68. The molecular formula is C12H12N2OS3. The molecule has 3 heterocycles. The van der Waals surface area contributed by atoms with Gasteiger partial charge in [0.2, 0.25) is 5.91 Å². The van der Waals surface area contributed by atoms with Gasteiger partial charge in [0.25, 0.3) is 0 Å². The topological polar surface area (TPSA) is 33.2 Å². The van der Waals surface area contributed by atoms with E-state index in [1.165, 1.54) is 4.88 Å². The Morgan fingerprint density at radius 3 is 2.89 bits per heavy atom. The molecule has 3 nitrogen and oxygen atoms in total. The van der Waals surface area contributed by atoms with Gasteiger partial charge < -0.3 is 0 Å². The minimum Gasteiger partial charge on any atom is -0.273 e. The molecule has 1 fully saturated rings. The molecule has 1 saturated heterocycles. The van der Waals surface area contributed by atoms with Gasteiger partial charge in [-0.2, -0.15) is 0 Å². The third kappa shape index (κ3) is 1.98. The molecule has 6 heteroatoms. The molecule has 2 atom stereocenters. The van der Waals surface area contributed by atoms with Gasteiger partial charge in [0.15, 0.2) is 5.13 Å². The van der Waals surface area contributed by atoms with Crippen LogP contribution in [0, 0.1) is 6.92 Å². The largest absolute Gasteiger partial charge is 0.273 e. The molecule has 0 bridgehead atoms. The van der Waals surface area contributed by atoms with Crippen molar-refractivity contribution in [3.63, 3.8) is 0 Å². The summed E-state index contributed by atoms with van der Waals surface area (Å²) < 4.78 is 0. The van der Waals surface area contributed by atoms with E-state index in [2.05, 4.69) is 16.4 Å². The third-order valence-corrected chi connectivity index (χ3v) is 6.07. The highest BCUT2D eigenvalue weighted by Gasteiger charge is 2.41. The molecule has 1 aliphatic heterocycles. The Labute approximate surface area is 118 Å². The number of thiazole rings is 1. The molecule has 0 radical (unpaired) electrons. The van der Waals surface area contributed by atoms with Crippen molar-refractivity contribution in [3.8, 4) is 0 Å². The summed E-state index contributed by atoms with van der Waals surface area (Å²) in [6, 6.07) is 4.11. The van der Waals surface area contributed by atoms with E-state index in [4.69, 9.17) is 0 Å². The number of anilines is 1. The first-order valence-electron chi connectivity index (χ1n) is 5.61. The number of carbonyl (C=O) groups is 1. The Bertz CT molecular complexity index is 564. The number of carbonyl (C=O) groups excluding carboxylic acids is 1. The van der Waals surface area contributed by atoms with Gasteiger partial charge in [-0.1, -0.05) is 6.07 Å². The van der Waals surface area contributed by atoms with Crippen LogP contribution in [0.5, 0.6) is 0 Å². The molecule has 2 aromatic rings. The molecule has 0 N–H and O–H groups in total. The van der Waals surface area contributed by atoms with Crippen molar-refractivity contribution in [2.24, 2.45) is 0 Å². The quantitative estimate of drug-likeness (QED) is 0.847. The molecule has 3 rings (SSSR count). The van der Waals surface area contributed by atoms with Crippen molar-refractivity contribution in [3.05, 3.63) is 33.5 Å². The van der Waals surface area contributed by atoms with Crippen molar-refractivity contribution in [2.75, 3.05) is 4.90 Å². The normalized spacial score (nSPS) is 23.9. The van der Waals surface area contributed by atoms with Crippen LogP contribution in [0.15, 0.2) is 23.7 Å². The summed E-state index contributed by atoms with van der Waals surface area (Å²) >= 11 is 4.97. The maximum absolute atomic E-state index is 12.3. The molecule has 94 valence electrons. The molecule has 0 spiro atoms. The molecule has 1 amide bonds. The van der Waals surface area contributed by atoms with E-state index in [-0.39, 0.29) is 16.5 Å². The minimum atomic E-state index is 0.00121. The van der Waals surface area contributed by atoms with E-state index in [0.717, 1.165) is 10.0 Å². The Hall–Kier alpha value is -0.850. The highest BCUT2D eigenvalue weighted by molar-refractivity contribution is 8.01. The fourth-order valence-corrected chi connectivity index (χ4v) is 4.94. The Morgan fingerprint density at radius 2 is 2.28 bits per heavy atom. The van der Waals surface area contributed by atoms with Gasteiger partial charge >= 0.3 is 0 Å². The second-order valence-corrected chi connectivity index (χ2v) is 7.73. The number of aryl methyl sites for hydroxylation is 1. The third-order valence-electron chi connectivity index (χ3n) is 2.75. The van der Waals surface area contributed by atoms with Gasteiger partial charge in [-0.25, -0.2) is 4.98 Å². The Morgan fingerprint density at radius 1 is 1.44 bits per heavy atom. The van der Waals surface area contributed by atoms with E-state index < -0.39 is 0 Å². The van der Waals surface area contributed by atoms with Crippen LogP contribution in [-0.4, -0.2) is 16.1 Å². The van der Waals surface area contributed by atoms with E-state index in [9.17, 15) is 4.79 Å². The van der Waals surface area contributed by atoms with Gasteiger partial charge in [0, 0.05) is 16.0 Å². The van der Waals surface area contributed by atoms with Crippen LogP contribution in [0.1, 0.15) is 22.1 Å². The highest BCUT2D eigenvalue weighted by Crippen LogP contribution is 2.47. The van der Waals surface area contributed by atoms with Crippen LogP contribution in [-0.2, 0) is 4.79 Å². The molecular weight excluding hydrogens is 284 g/mol. The lowest BCUT2D eigenvalue weighted by Gasteiger charge is -2.19. The average Bonchev–Trinajstić information content (AvgIpc) is 3.02. The summed E-state index contributed by atoms with van der Waals surface area (Å²) in [6.45, 7) is 3.98. The number of rotatable bonds is 2. The predicted molar refractivity (Wildman–Crippen MR) is 78.5 cm³/mol. The molecule has 2 aromatic heterocycles. The lowest BCUT2D eigenvalue weighted by molar-refractivity contribution is -0.117. The molecule has 0 aliphatic carbocycles. The van der Waals surface area contributed by atoms with Gasteiger partial charge in [-0.3, -0.25) is 9.69 Å². The van der Waals surface area contributed by atoms with Crippen LogP contribution < -0.4 is 4.90 Å². The zero-order valence-corrected chi connectivity index (χ0v) is 12.4. The zero-order valence-electron chi connectivity index (χ0n) is 9.99.